The lowest BCUT2D eigenvalue weighted by Crippen LogP contribution is -2.40. The van der Waals surface area contributed by atoms with Crippen LogP contribution in [0.5, 0.6) is 0 Å². The van der Waals surface area contributed by atoms with Crippen molar-refractivity contribution in [3.8, 4) is 0 Å². The van der Waals surface area contributed by atoms with Crippen LogP contribution < -0.4 is 21.7 Å². The summed E-state index contributed by atoms with van der Waals surface area (Å²) in [5.74, 6) is -1.22. The first kappa shape index (κ1) is 18.6. The predicted molar refractivity (Wildman–Crippen MR) is 83.0 cm³/mol. The maximum Gasteiger partial charge on any atom is 0.221 e. The number of hydrogen-bond donors (Lipinski definition) is 5. The molecule has 0 spiro atoms. The average molecular weight is 330 g/mol. The van der Waals surface area contributed by atoms with Crippen LogP contribution in [0.25, 0.3) is 0 Å². The van der Waals surface area contributed by atoms with Crippen LogP contribution in [-0.2, 0) is 19.2 Å². The molecule has 1 aliphatic rings. The van der Waals surface area contributed by atoms with Gasteiger partial charge in [-0.2, -0.15) is 0 Å². The van der Waals surface area contributed by atoms with E-state index in [4.69, 9.17) is 5.73 Å². The zero-order valence-corrected chi connectivity index (χ0v) is 13.2. The molecule has 22 heavy (non-hydrogen) atoms. The Bertz CT molecular complexity index is 444. The first-order valence-corrected chi connectivity index (χ1v) is 7.60. The number of rotatable bonds is 1. The van der Waals surface area contributed by atoms with Gasteiger partial charge in [-0.15, -0.1) is 12.6 Å². The van der Waals surface area contributed by atoms with E-state index in [1.165, 1.54) is 0 Å². The number of carbonyl (C=O) groups is 4. The third kappa shape index (κ3) is 7.01. The molecule has 2 unspecified atom stereocenters. The monoisotopic (exact) mass is 330 g/mol. The minimum Gasteiger partial charge on any atom is -0.339 e. The standard InChI is InChI=1S/C13H22N4O4S/c14-9-2-4-12(20)17-7-16-11(19)3-1-8(13(21)22)5-15-6-10(9)18/h8-9,15H,1-7,14H2,(H,16,19)(H,17,20)(H,21,22). The van der Waals surface area contributed by atoms with E-state index < -0.39 is 12.0 Å². The molecule has 1 fully saturated rings. The minimum absolute atomic E-state index is 0.0125. The summed E-state index contributed by atoms with van der Waals surface area (Å²) in [5.41, 5.74) is 5.72. The highest BCUT2D eigenvalue weighted by Crippen LogP contribution is 2.09. The molecule has 0 aromatic carbocycles. The van der Waals surface area contributed by atoms with Crippen molar-refractivity contribution in [2.45, 2.75) is 31.7 Å². The van der Waals surface area contributed by atoms with E-state index >= 15 is 0 Å². The van der Waals surface area contributed by atoms with Gasteiger partial charge >= 0.3 is 0 Å². The molecule has 0 saturated carbocycles. The van der Waals surface area contributed by atoms with Crippen LogP contribution in [0.2, 0.25) is 0 Å². The second-order valence-electron chi connectivity index (χ2n) is 5.19. The number of ketones is 1. The smallest absolute Gasteiger partial charge is 0.221 e. The summed E-state index contributed by atoms with van der Waals surface area (Å²) in [4.78, 5) is 46.3. The van der Waals surface area contributed by atoms with E-state index in [0.29, 0.717) is 6.42 Å². The first-order valence-electron chi connectivity index (χ1n) is 7.15. The quantitative estimate of drug-likeness (QED) is 0.365. The van der Waals surface area contributed by atoms with Crippen molar-refractivity contribution in [2.75, 3.05) is 19.8 Å². The summed E-state index contributed by atoms with van der Waals surface area (Å²) in [6.45, 7) is 0.288. The fourth-order valence-corrected chi connectivity index (χ4v) is 2.20. The molecule has 8 nitrogen and oxygen atoms in total. The number of amides is 2. The summed E-state index contributed by atoms with van der Waals surface area (Å²) in [6.07, 6.45) is 0.799. The molecular formula is C13H22N4O4S. The van der Waals surface area contributed by atoms with Crippen LogP contribution in [0.15, 0.2) is 0 Å². The molecule has 1 rings (SSSR count). The van der Waals surface area contributed by atoms with E-state index in [9.17, 15) is 19.2 Å². The van der Waals surface area contributed by atoms with Crippen LogP contribution in [-0.4, -0.2) is 48.5 Å². The maximum absolute atomic E-state index is 11.8. The zero-order chi connectivity index (χ0) is 16.5. The van der Waals surface area contributed by atoms with Crippen LogP contribution in [0.3, 0.4) is 0 Å². The van der Waals surface area contributed by atoms with Gasteiger partial charge in [0.1, 0.15) is 0 Å². The Kier molecular flexibility index (Phi) is 8.07. The number of nitrogens with one attached hydrogen (secondary N) is 3. The van der Waals surface area contributed by atoms with Crippen molar-refractivity contribution in [3.05, 3.63) is 0 Å². The molecule has 2 amide bonds. The lowest BCUT2D eigenvalue weighted by Gasteiger charge is -2.14. The van der Waals surface area contributed by atoms with Gasteiger partial charge in [-0.3, -0.25) is 19.2 Å². The maximum atomic E-state index is 11.8. The van der Waals surface area contributed by atoms with Crippen LogP contribution >= 0.6 is 12.6 Å². The molecule has 0 aliphatic carbocycles. The van der Waals surface area contributed by atoms with Crippen LogP contribution in [0, 0.1) is 5.92 Å². The number of hydrogen-bond acceptors (Lipinski definition) is 6. The van der Waals surface area contributed by atoms with Crippen molar-refractivity contribution in [1.29, 1.82) is 0 Å². The molecule has 1 heterocycles. The van der Waals surface area contributed by atoms with Gasteiger partial charge in [0.2, 0.25) is 11.8 Å². The van der Waals surface area contributed by atoms with Gasteiger partial charge in [-0.1, -0.05) is 0 Å². The second kappa shape index (κ2) is 9.54. The summed E-state index contributed by atoms with van der Waals surface area (Å²) >= 11 is 3.79. The van der Waals surface area contributed by atoms with Gasteiger partial charge in [-0.05, 0) is 12.8 Å². The Hall–Kier alpha value is -1.45. The Labute approximate surface area is 134 Å². The van der Waals surface area contributed by atoms with Crippen molar-refractivity contribution in [2.24, 2.45) is 11.7 Å². The highest BCUT2D eigenvalue weighted by atomic mass is 32.1. The summed E-state index contributed by atoms with van der Waals surface area (Å²) < 4.78 is 0. The molecule has 2 atom stereocenters. The molecule has 124 valence electrons. The van der Waals surface area contributed by atoms with E-state index in [1.807, 2.05) is 0 Å². The molecule has 1 aliphatic heterocycles. The van der Waals surface area contributed by atoms with Gasteiger partial charge in [0, 0.05) is 25.3 Å². The number of thiol groups is 1. The van der Waals surface area contributed by atoms with Crippen molar-refractivity contribution < 1.29 is 19.2 Å². The van der Waals surface area contributed by atoms with Crippen molar-refractivity contribution >= 4 is 35.3 Å². The van der Waals surface area contributed by atoms with Crippen molar-refractivity contribution in [3.63, 3.8) is 0 Å². The average Bonchev–Trinajstić information content (AvgIpc) is 2.46. The van der Waals surface area contributed by atoms with Gasteiger partial charge in [0.05, 0.1) is 19.3 Å². The minimum atomic E-state index is -0.733. The van der Waals surface area contributed by atoms with Crippen molar-refractivity contribution in [1.82, 2.24) is 16.0 Å². The van der Waals surface area contributed by atoms with E-state index in [0.717, 1.165) is 0 Å². The third-order valence-electron chi connectivity index (χ3n) is 3.43. The molecule has 0 aromatic heterocycles. The van der Waals surface area contributed by atoms with E-state index in [-0.39, 0.29) is 61.7 Å². The highest BCUT2D eigenvalue weighted by molar-refractivity contribution is 7.96. The Balaban J connectivity index is 2.64. The van der Waals surface area contributed by atoms with Crippen LogP contribution in [0.1, 0.15) is 25.7 Å². The van der Waals surface area contributed by atoms with Crippen LogP contribution in [0.4, 0.5) is 0 Å². The summed E-state index contributed by atoms with van der Waals surface area (Å²) in [5, 5.41) is 7.58. The lowest BCUT2D eigenvalue weighted by atomic mass is 10.0. The number of carbonyl (C=O) groups excluding carboxylic acids is 4. The third-order valence-corrected chi connectivity index (χ3v) is 3.79. The fourth-order valence-electron chi connectivity index (χ4n) is 1.98. The summed E-state index contributed by atoms with van der Waals surface area (Å²) in [7, 11) is 0. The molecule has 1 saturated heterocycles. The van der Waals surface area contributed by atoms with Gasteiger partial charge < -0.3 is 21.7 Å². The normalized spacial score (nSPS) is 26.4. The topological polar surface area (TPSA) is 130 Å². The van der Waals surface area contributed by atoms with Gasteiger partial charge in [0.25, 0.3) is 0 Å². The molecule has 5 N–H and O–H groups in total. The van der Waals surface area contributed by atoms with Gasteiger partial charge in [0.15, 0.2) is 10.9 Å². The summed E-state index contributed by atoms with van der Waals surface area (Å²) in [6, 6.07) is -0.733. The van der Waals surface area contributed by atoms with Gasteiger partial charge in [-0.25, -0.2) is 0 Å². The number of nitrogens with two attached hydrogens (primary N) is 1. The highest BCUT2D eigenvalue weighted by Gasteiger charge is 2.19. The first-order chi connectivity index (χ1) is 10.4. The van der Waals surface area contributed by atoms with E-state index in [1.54, 1.807) is 0 Å². The largest absolute Gasteiger partial charge is 0.339 e. The molecule has 9 heteroatoms. The predicted octanol–water partition coefficient (Wildman–Crippen LogP) is -1.69. The molecule has 0 aromatic rings. The van der Waals surface area contributed by atoms with E-state index in [2.05, 4.69) is 28.6 Å². The fraction of sp³-hybridized carbons (Fsp3) is 0.692. The molecule has 0 bridgehead atoms. The number of Topliss-reactive ketones (excluding diaryl/α,β-unsaturated/α-hetero) is 1. The Morgan fingerprint density at radius 2 is 1.68 bits per heavy atom. The lowest BCUT2D eigenvalue weighted by molar-refractivity contribution is -0.123. The zero-order valence-electron chi connectivity index (χ0n) is 12.3. The second-order valence-corrected chi connectivity index (χ2v) is 5.63. The Morgan fingerprint density at radius 3 is 2.27 bits per heavy atom. The Morgan fingerprint density at radius 1 is 1.09 bits per heavy atom. The molecular weight excluding hydrogens is 308 g/mol. The SMILES string of the molecule is NC1CCC(=O)NCNC(=O)CCC(C(=O)S)CNCC1=O. The molecule has 0 radical (unpaired) electrons.